The van der Waals surface area contributed by atoms with Crippen LogP contribution in [0, 0.1) is 0 Å². The van der Waals surface area contributed by atoms with Crippen molar-refractivity contribution >= 4 is 23.2 Å². The predicted octanol–water partition coefficient (Wildman–Crippen LogP) is 5.58. The van der Waals surface area contributed by atoms with E-state index in [9.17, 15) is 9.59 Å². The minimum atomic E-state index is -0.518. The second-order valence-electron chi connectivity index (χ2n) is 5.83. The first-order valence-corrected chi connectivity index (χ1v) is 8.46. The molecule has 0 amide bonds. The van der Waals surface area contributed by atoms with Gasteiger partial charge in [-0.15, -0.1) is 0 Å². The van der Waals surface area contributed by atoms with Gasteiger partial charge in [-0.3, -0.25) is 9.59 Å². The third-order valence-electron chi connectivity index (χ3n) is 4.13. The molecule has 3 heteroatoms. The lowest BCUT2D eigenvalue weighted by Crippen LogP contribution is -2.17. The van der Waals surface area contributed by atoms with Crippen LogP contribution in [0.15, 0.2) is 84.9 Å². The number of benzene rings is 3. The molecule has 1 unspecified atom stereocenters. The van der Waals surface area contributed by atoms with E-state index < -0.39 is 5.92 Å². The average molecular weight is 349 g/mol. The summed E-state index contributed by atoms with van der Waals surface area (Å²) in [7, 11) is 0. The Bertz CT molecular complexity index is 856. The van der Waals surface area contributed by atoms with E-state index in [0.717, 1.165) is 5.56 Å². The van der Waals surface area contributed by atoms with Crippen molar-refractivity contribution in [1.82, 2.24) is 0 Å². The normalized spacial score (nSPS) is 11.7. The van der Waals surface area contributed by atoms with Gasteiger partial charge in [-0.1, -0.05) is 72.3 Å². The molecule has 3 aromatic rings. The van der Waals surface area contributed by atoms with E-state index in [1.165, 1.54) is 0 Å². The van der Waals surface area contributed by atoms with E-state index in [1.807, 2.05) is 48.5 Å². The van der Waals surface area contributed by atoms with E-state index in [-0.39, 0.29) is 18.0 Å². The zero-order valence-electron chi connectivity index (χ0n) is 13.6. The molecule has 0 bridgehead atoms. The van der Waals surface area contributed by atoms with Crippen LogP contribution in [-0.2, 0) is 0 Å². The average Bonchev–Trinajstić information content (AvgIpc) is 2.67. The summed E-state index contributed by atoms with van der Waals surface area (Å²) < 4.78 is 0. The van der Waals surface area contributed by atoms with Crippen molar-refractivity contribution in [3.63, 3.8) is 0 Å². The molecule has 3 rings (SSSR count). The summed E-state index contributed by atoms with van der Waals surface area (Å²) in [5, 5.41) is 0.577. The van der Waals surface area contributed by atoms with E-state index in [1.54, 1.807) is 36.4 Å². The molecule has 0 aliphatic heterocycles. The fraction of sp³-hybridized carbons (Fsp3) is 0.0909. The summed E-state index contributed by atoms with van der Waals surface area (Å²) in [6.07, 6.45) is 0.134. The summed E-state index contributed by atoms with van der Waals surface area (Å²) in [4.78, 5) is 25.7. The van der Waals surface area contributed by atoms with E-state index in [0.29, 0.717) is 16.1 Å². The number of hydrogen-bond donors (Lipinski definition) is 0. The molecule has 0 fully saturated rings. The van der Waals surface area contributed by atoms with Crippen molar-refractivity contribution in [3.8, 4) is 0 Å². The Morgan fingerprint density at radius 1 is 0.720 bits per heavy atom. The molecule has 0 spiro atoms. The fourth-order valence-electron chi connectivity index (χ4n) is 2.79. The van der Waals surface area contributed by atoms with Crippen LogP contribution >= 0.6 is 11.6 Å². The molecule has 0 N–H and O–H groups in total. The Morgan fingerprint density at radius 2 is 1.28 bits per heavy atom. The Labute approximate surface area is 152 Å². The predicted molar refractivity (Wildman–Crippen MR) is 100 cm³/mol. The highest BCUT2D eigenvalue weighted by Gasteiger charge is 2.25. The highest BCUT2D eigenvalue weighted by Crippen LogP contribution is 2.27. The molecular formula is C22H17ClO2. The molecule has 25 heavy (non-hydrogen) atoms. The Hall–Kier alpha value is -2.71. The van der Waals surface area contributed by atoms with Crippen molar-refractivity contribution in [2.24, 2.45) is 0 Å². The number of halogens is 1. The monoisotopic (exact) mass is 348 g/mol. The number of rotatable bonds is 6. The van der Waals surface area contributed by atoms with Crippen molar-refractivity contribution in [2.45, 2.75) is 12.3 Å². The van der Waals surface area contributed by atoms with E-state index in [2.05, 4.69) is 0 Å². The van der Waals surface area contributed by atoms with Gasteiger partial charge in [-0.25, -0.2) is 0 Å². The standard InChI is InChI=1S/C22H17ClO2/c23-19-13-11-18(12-14-19)22(25)20(16-7-3-1-4-8-16)15-21(24)17-9-5-2-6-10-17/h1-14,20H,15H2. The van der Waals surface area contributed by atoms with Crippen molar-refractivity contribution < 1.29 is 9.59 Å². The van der Waals surface area contributed by atoms with Gasteiger partial charge in [-0.05, 0) is 29.8 Å². The molecule has 124 valence electrons. The SMILES string of the molecule is O=C(CC(C(=O)c1ccc(Cl)cc1)c1ccccc1)c1ccccc1. The van der Waals surface area contributed by atoms with Gasteiger partial charge in [0.1, 0.15) is 0 Å². The molecule has 2 nitrogen and oxygen atoms in total. The number of hydrogen-bond acceptors (Lipinski definition) is 2. The largest absolute Gasteiger partial charge is 0.294 e. The van der Waals surface area contributed by atoms with Crippen LogP contribution in [0.3, 0.4) is 0 Å². The van der Waals surface area contributed by atoms with E-state index >= 15 is 0 Å². The molecular weight excluding hydrogens is 332 g/mol. The number of ketones is 2. The summed E-state index contributed by atoms with van der Waals surface area (Å²) in [6.45, 7) is 0. The molecule has 1 atom stereocenters. The summed E-state index contributed by atoms with van der Waals surface area (Å²) in [5.41, 5.74) is 2.01. The van der Waals surface area contributed by atoms with Gasteiger partial charge in [0.15, 0.2) is 11.6 Å². The van der Waals surface area contributed by atoms with Crippen LogP contribution in [0.2, 0.25) is 5.02 Å². The first kappa shape index (κ1) is 17.1. The lowest BCUT2D eigenvalue weighted by molar-refractivity contribution is 0.0893. The molecule has 0 radical (unpaired) electrons. The molecule has 0 saturated carbocycles. The number of carbonyl (C=O) groups is 2. The van der Waals surface area contributed by atoms with Crippen LogP contribution in [0.1, 0.15) is 38.6 Å². The van der Waals surface area contributed by atoms with Gasteiger partial charge < -0.3 is 0 Å². The van der Waals surface area contributed by atoms with Gasteiger partial charge in [0, 0.05) is 22.6 Å². The minimum absolute atomic E-state index is 0.0447. The Balaban J connectivity index is 1.91. The highest BCUT2D eigenvalue weighted by atomic mass is 35.5. The van der Waals surface area contributed by atoms with Crippen LogP contribution in [0.25, 0.3) is 0 Å². The fourth-order valence-corrected chi connectivity index (χ4v) is 2.92. The van der Waals surface area contributed by atoms with Gasteiger partial charge >= 0.3 is 0 Å². The summed E-state index contributed by atoms with van der Waals surface area (Å²) in [5.74, 6) is -0.640. The Morgan fingerprint density at radius 3 is 1.88 bits per heavy atom. The zero-order chi connectivity index (χ0) is 17.6. The third-order valence-corrected chi connectivity index (χ3v) is 4.38. The van der Waals surface area contributed by atoms with Crippen molar-refractivity contribution in [2.75, 3.05) is 0 Å². The van der Waals surface area contributed by atoms with E-state index in [4.69, 9.17) is 11.6 Å². The topological polar surface area (TPSA) is 34.1 Å². The molecule has 0 aliphatic rings. The van der Waals surface area contributed by atoms with Gasteiger partial charge in [0.2, 0.25) is 0 Å². The molecule has 0 aliphatic carbocycles. The lowest BCUT2D eigenvalue weighted by atomic mass is 9.85. The third kappa shape index (κ3) is 4.23. The van der Waals surface area contributed by atoms with Crippen molar-refractivity contribution in [1.29, 1.82) is 0 Å². The zero-order valence-corrected chi connectivity index (χ0v) is 14.3. The molecule has 0 heterocycles. The summed E-state index contributed by atoms with van der Waals surface area (Å²) >= 11 is 5.91. The van der Waals surface area contributed by atoms with Gasteiger partial charge in [-0.2, -0.15) is 0 Å². The van der Waals surface area contributed by atoms with Gasteiger partial charge in [0.25, 0.3) is 0 Å². The number of Topliss-reactive ketones (excluding diaryl/α,β-unsaturated/α-hetero) is 2. The van der Waals surface area contributed by atoms with Crippen LogP contribution in [-0.4, -0.2) is 11.6 Å². The second-order valence-corrected chi connectivity index (χ2v) is 6.26. The first-order chi connectivity index (χ1) is 12.1. The number of carbonyl (C=O) groups excluding carboxylic acids is 2. The smallest absolute Gasteiger partial charge is 0.170 e. The maximum absolute atomic E-state index is 13.0. The molecule has 0 aromatic heterocycles. The van der Waals surface area contributed by atoms with Crippen LogP contribution in [0.5, 0.6) is 0 Å². The lowest BCUT2D eigenvalue weighted by Gasteiger charge is -2.16. The van der Waals surface area contributed by atoms with Crippen LogP contribution < -0.4 is 0 Å². The molecule has 0 saturated heterocycles. The first-order valence-electron chi connectivity index (χ1n) is 8.08. The van der Waals surface area contributed by atoms with Crippen molar-refractivity contribution in [3.05, 3.63) is 107 Å². The van der Waals surface area contributed by atoms with Gasteiger partial charge in [0.05, 0.1) is 5.92 Å². The highest BCUT2D eigenvalue weighted by molar-refractivity contribution is 6.30. The second kappa shape index (κ2) is 7.91. The quantitative estimate of drug-likeness (QED) is 0.545. The minimum Gasteiger partial charge on any atom is -0.294 e. The maximum atomic E-state index is 13.0. The Kier molecular flexibility index (Phi) is 5.42. The van der Waals surface area contributed by atoms with Crippen LogP contribution in [0.4, 0.5) is 0 Å². The summed E-state index contributed by atoms with van der Waals surface area (Å²) in [6, 6.07) is 25.3. The maximum Gasteiger partial charge on any atom is 0.170 e. The molecule has 3 aromatic carbocycles.